The van der Waals surface area contributed by atoms with Crippen molar-refractivity contribution in [2.75, 3.05) is 0 Å². The zero-order valence-electron chi connectivity index (χ0n) is 9.70. The topological polar surface area (TPSA) is 78.2 Å². The van der Waals surface area contributed by atoms with Gasteiger partial charge in [0.15, 0.2) is 11.6 Å². The molecule has 4 heteroatoms. The molecule has 1 aromatic rings. The van der Waals surface area contributed by atoms with Crippen LogP contribution in [-0.2, 0) is 0 Å². The number of hydrogen-bond donors (Lipinski definition) is 2. The third-order valence-corrected chi connectivity index (χ3v) is 3.41. The Bertz CT molecular complexity index is 548. The maximum absolute atomic E-state index is 12.3. The molecule has 0 saturated heterocycles. The van der Waals surface area contributed by atoms with Gasteiger partial charge >= 0.3 is 0 Å². The van der Waals surface area contributed by atoms with E-state index in [1.165, 1.54) is 25.1 Å². The van der Waals surface area contributed by atoms with Crippen molar-refractivity contribution in [3.8, 4) is 5.75 Å². The molecule has 1 aliphatic rings. The SMILES string of the molecule is CC(=N)C1(C)CC(=O)c2c(O)cccc2C1=O. The summed E-state index contributed by atoms with van der Waals surface area (Å²) in [6.45, 7) is 3.13. The minimum Gasteiger partial charge on any atom is -0.507 e. The summed E-state index contributed by atoms with van der Waals surface area (Å²) >= 11 is 0. The van der Waals surface area contributed by atoms with Gasteiger partial charge in [-0.3, -0.25) is 9.59 Å². The summed E-state index contributed by atoms with van der Waals surface area (Å²) < 4.78 is 0. The molecular formula is C13H13NO3. The minimum atomic E-state index is -1.07. The summed E-state index contributed by atoms with van der Waals surface area (Å²) in [7, 11) is 0. The summed E-state index contributed by atoms with van der Waals surface area (Å²) in [6, 6.07) is 4.45. The van der Waals surface area contributed by atoms with Gasteiger partial charge in [0, 0.05) is 17.7 Å². The highest BCUT2D eigenvalue weighted by molar-refractivity contribution is 6.25. The number of benzene rings is 1. The van der Waals surface area contributed by atoms with Gasteiger partial charge in [-0.25, -0.2) is 0 Å². The van der Waals surface area contributed by atoms with E-state index in [-0.39, 0.29) is 40.6 Å². The van der Waals surface area contributed by atoms with Crippen LogP contribution in [0, 0.1) is 10.8 Å². The first-order chi connectivity index (χ1) is 7.88. The molecule has 1 aromatic carbocycles. The third kappa shape index (κ3) is 1.48. The van der Waals surface area contributed by atoms with Gasteiger partial charge < -0.3 is 10.5 Å². The Morgan fingerprint density at radius 2 is 2.06 bits per heavy atom. The van der Waals surface area contributed by atoms with Gasteiger partial charge in [0.2, 0.25) is 0 Å². The molecule has 0 fully saturated rings. The van der Waals surface area contributed by atoms with E-state index in [1.54, 1.807) is 6.92 Å². The highest BCUT2D eigenvalue weighted by Crippen LogP contribution is 2.38. The lowest BCUT2D eigenvalue weighted by molar-refractivity contribution is 0.0786. The Morgan fingerprint density at radius 3 is 2.65 bits per heavy atom. The molecule has 1 aliphatic carbocycles. The molecule has 0 aromatic heterocycles. The Balaban J connectivity index is 2.69. The lowest BCUT2D eigenvalue weighted by atomic mass is 9.68. The normalized spacial score (nSPS) is 23.4. The van der Waals surface area contributed by atoms with E-state index in [4.69, 9.17) is 5.41 Å². The van der Waals surface area contributed by atoms with Crippen molar-refractivity contribution in [1.82, 2.24) is 0 Å². The first-order valence-electron chi connectivity index (χ1n) is 5.33. The zero-order valence-corrected chi connectivity index (χ0v) is 9.70. The number of carbonyl (C=O) groups is 2. The van der Waals surface area contributed by atoms with Gasteiger partial charge in [0.05, 0.1) is 11.0 Å². The summed E-state index contributed by atoms with van der Waals surface area (Å²) in [4.78, 5) is 24.2. The Kier molecular flexibility index (Phi) is 2.38. The lowest BCUT2D eigenvalue weighted by Gasteiger charge is -2.31. The molecule has 1 atom stereocenters. The van der Waals surface area contributed by atoms with E-state index in [2.05, 4.69) is 0 Å². The third-order valence-electron chi connectivity index (χ3n) is 3.41. The van der Waals surface area contributed by atoms with E-state index in [0.29, 0.717) is 0 Å². The number of rotatable bonds is 1. The molecule has 0 heterocycles. The van der Waals surface area contributed by atoms with E-state index in [0.717, 1.165) is 0 Å². The average Bonchev–Trinajstić information content (AvgIpc) is 2.25. The van der Waals surface area contributed by atoms with Crippen molar-refractivity contribution in [2.45, 2.75) is 20.3 Å². The number of phenols is 1. The molecule has 1 unspecified atom stereocenters. The van der Waals surface area contributed by atoms with Crippen molar-refractivity contribution in [3.05, 3.63) is 29.3 Å². The predicted molar refractivity (Wildman–Crippen MR) is 62.9 cm³/mol. The van der Waals surface area contributed by atoms with Gasteiger partial charge in [0.25, 0.3) is 0 Å². The fourth-order valence-corrected chi connectivity index (χ4v) is 2.11. The Hall–Kier alpha value is -1.97. The van der Waals surface area contributed by atoms with E-state index >= 15 is 0 Å². The van der Waals surface area contributed by atoms with Crippen molar-refractivity contribution >= 4 is 17.3 Å². The smallest absolute Gasteiger partial charge is 0.175 e. The standard InChI is InChI=1S/C13H13NO3/c1-7(14)13(2)6-10(16)11-8(12(13)17)4-3-5-9(11)15/h3-5,14-15H,6H2,1-2H3. The largest absolute Gasteiger partial charge is 0.507 e. The number of Topliss-reactive ketones (excluding diaryl/α,β-unsaturated/α-hetero) is 2. The Morgan fingerprint density at radius 1 is 1.41 bits per heavy atom. The number of fused-ring (bicyclic) bond motifs is 1. The van der Waals surface area contributed by atoms with E-state index < -0.39 is 5.41 Å². The molecule has 88 valence electrons. The summed E-state index contributed by atoms with van der Waals surface area (Å²) in [5.41, 5.74) is -0.589. The number of aromatic hydroxyl groups is 1. The van der Waals surface area contributed by atoms with Crippen LogP contribution >= 0.6 is 0 Å². The maximum atomic E-state index is 12.3. The van der Waals surface area contributed by atoms with Crippen LogP contribution in [0.15, 0.2) is 18.2 Å². The molecule has 0 aliphatic heterocycles. The molecule has 0 spiro atoms. The molecular weight excluding hydrogens is 218 g/mol. The summed E-state index contributed by atoms with van der Waals surface area (Å²) in [6.07, 6.45) is -0.0499. The van der Waals surface area contributed by atoms with Crippen molar-refractivity contribution in [1.29, 1.82) is 5.41 Å². The number of nitrogens with one attached hydrogen (secondary N) is 1. The zero-order chi connectivity index (χ0) is 12.8. The number of phenolic OH excluding ortho intramolecular Hbond substituents is 1. The second-order valence-electron chi connectivity index (χ2n) is 4.59. The average molecular weight is 231 g/mol. The van der Waals surface area contributed by atoms with Crippen LogP contribution in [-0.4, -0.2) is 22.4 Å². The van der Waals surface area contributed by atoms with Crippen LogP contribution in [0.2, 0.25) is 0 Å². The Labute approximate surface area is 98.8 Å². The van der Waals surface area contributed by atoms with Gasteiger partial charge in [0.1, 0.15) is 5.75 Å². The van der Waals surface area contributed by atoms with Crippen LogP contribution in [0.25, 0.3) is 0 Å². The number of ketones is 2. The minimum absolute atomic E-state index is 0.0499. The van der Waals surface area contributed by atoms with Gasteiger partial charge in [-0.05, 0) is 19.9 Å². The predicted octanol–water partition coefficient (Wildman–Crippen LogP) is 2.21. The molecule has 2 N–H and O–H groups in total. The first-order valence-corrected chi connectivity index (χ1v) is 5.33. The fraction of sp³-hybridized carbons (Fsp3) is 0.308. The number of hydrogen-bond acceptors (Lipinski definition) is 4. The molecule has 0 bridgehead atoms. The fourth-order valence-electron chi connectivity index (χ4n) is 2.11. The van der Waals surface area contributed by atoms with E-state index in [9.17, 15) is 14.7 Å². The van der Waals surface area contributed by atoms with Crippen LogP contribution in [0.3, 0.4) is 0 Å². The molecule has 0 radical (unpaired) electrons. The van der Waals surface area contributed by atoms with Crippen LogP contribution in [0.1, 0.15) is 41.0 Å². The highest BCUT2D eigenvalue weighted by atomic mass is 16.3. The highest BCUT2D eigenvalue weighted by Gasteiger charge is 2.44. The monoisotopic (exact) mass is 231 g/mol. The quantitative estimate of drug-likeness (QED) is 0.727. The van der Waals surface area contributed by atoms with Gasteiger partial charge in [-0.15, -0.1) is 0 Å². The maximum Gasteiger partial charge on any atom is 0.175 e. The van der Waals surface area contributed by atoms with Crippen LogP contribution in [0.5, 0.6) is 5.75 Å². The molecule has 2 rings (SSSR count). The van der Waals surface area contributed by atoms with Crippen molar-refractivity contribution < 1.29 is 14.7 Å². The van der Waals surface area contributed by atoms with Crippen LogP contribution < -0.4 is 0 Å². The van der Waals surface area contributed by atoms with Crippen molar-refractivity contribution in [3.63, 3.8) is 0 Å². The molecule has 0 amide bonds. The number of carbonyl (C=O) groups excluding carboxylic acids is 2. The second-order valence-corrected chi connectivity index (χ2v) is 4.59. The molecule has 0 saturated carbocycles. The summed E-state index contributed by atoms with van der Waals surface area (Å²) in [5, 5.41) is 17.3. The van der Waals surface area contributed by atoms with Crippen molar-refractivity contribution in [2.24, 2.45) is 5.41 Å². The molecule has 17 heavy (non-hydrogen) atoms. The van der Waals surface area contributed by atoms with Crippen LogP contribution in [0.4, 0.5) is 0 Å². The van der Waals surface area contributed by atoms with Gasteiger partial charge in [-0.2, -0.15) is 0 Å². The molecule has 4 nitrogen and oxygen atoms in total. The van der Waals surface area contributed by atoms with Gasteiger partial charge in [-0.1, -0.05) is 12.1 Å². The first kappa shape index (κ1) is 11.5. The summed E-state index contributed by atoms with van der Waals surface area (Å²) in [5.74, 6) is -0.715. The van der Waals surface area contributed by atoms with E-state index in [1.807, 2.05) is 0 Å². The second kappa shape index (κ2) is 3.52. The lowest BCUT2D eigenvalue weighted by Crippen LogP contribution is -2.41.